The normalized spacial score (nSPS) is 15.1. The Hall–Kier alpha value is -2.25. The zero-order chi connectivity index (χ0) is 24.6. The number of rotatable bonds is 5. The number of anilines is 2. The van der Waals surface area contributed by atoms with E-state index < -0.39 is 0 Å². The molecule has 205 valence electrons. The maximum Gasteiger partial charge on any atom is 0.229 e. The largest absolute Gasteiger partial charge is 0.338 e. The molecular formula is C25H32N10NiReS. The van der Waals surface area contributed by atoms with Crippen molar-refractivity contribution in [3.63, 3.8) is 0 Å². The summed E-state index contributed by atoms with van der Waals surface area (Å²) in [5, 5.41) is 16.4. The fraction of sp³-hybridized carbons (Fsp3) is 0.360. The van der Waals surface area contributed by atoms with E-state index in [9.17, 15) is 0 Å². The number of piperazine rings is 2. The molecule has 2 aliphatic heterocycles. The Morgan fingerprint density at radius 3 is 1.74 bits per heavy atom. The van der Waals surface area contributed by atoms with Crippen molar-refractivity contribution in [1.82, 2.24) is 40.2 Å². The van der Waals surface area contributed by atoms with Gasteiger partial charge in [-0.05, 0) is 30.5 Å². The molecule has 10 nitrogen and oxygen atoms in total. The minimum absolute atomic E-state index is 0. The van der Waals surface area contributed by atoms with Crippen LogP contribution in [0.1, 0.15) is 0 Å². The first-order valence-electron chi connectivity index (χ1n) is 12.3. The van der Waals surface area contributed by atoms with E-state index in [0.717, 1.165) is 80.8 Å². The van der Waals surface area contributed by atoms with Gasteiger partial charge in [-0.25, -0.2) is 0 Å². The van der Waals surface area contributed by atoms with Crippen molar-refractivity contribution in [2.24, 2.45) is 0 Å². The molecule has 13 heteroatoms. The molecule has 0 amide bonds. The first-order chi connectivity index (χ1) is 17.8. The minimum Gasteiger partial charge on any atom is -0.338 e. The van der Waals surface area contributed by atoms with Crippen LogP contribution in [0.5, 0.6) is 0 Å². The monoisotopic (exact) mass is 749 g/mol. The summed E-state index contributed by atoms with van der Waals surface area (Å²) in [6.45, 7) is 7.89. The zero-order valence-electron chi connectivity index (χ0n) is 21.2. The van der Waals surface area contributed by atoms with Gasteiger partial charge < -0.3 is 20.4 Å². The third-order valence-corrected chi connectivity index (χ3v) is 6.62. The Kier molecular flexibility index (Phi) is 12.2. The van der Waals surface area contributed by atoms with Crippen LogP contribution < -0.4 is 20.4 Å². The summed E-state index contributed by atoms with van der Waals surface area (Å²) in [4.78, 5) is 13.6. The van der Waals surface area contributed by atoms with E-state index in [1.54, 1.807) is 18.1 Å². The van der Waals surface area contributed by atoms with Crippen molar-refractivity contribution in [1.29, 1.82) is 0 Å². The third-order valence-electron chi connectivity index (χ3n) is 6.08. The number of aromatic nitrogens is 6. The standard InChI is InChI=1S/C13H17N5S.C12H15N5.Ni.Re/c1-19-12-15-13(17-9-7-14-8-10-17)18(16-12)11-5-3-2-4-6-11;1-2-4-11(5-3-1)17-12(14-10-15-17)16-8-6-13-7-9-16;;/h2-6,14H,7-10H2,1H3;1-5,10,13H,6-9H2;;. The third kappa shape index (κ3) is 7.44. The molecule has 0 spiro atoms. The van der Waals surface area contributed by atoms with E-state index in [-0.39, 0.29) is 36.9 Å². The number of benzene rings is 2. The topological polar surface area (TPSA) is 92.0 Å². The van der Waals surface area contributed by atoms with Crippen molar-refractivity contribution in [2.75, 3.05) is 68.4 Å². The number of nitrogens with one attached hydrogen (secondary N) is 2. The van der Waals surface area contributed by atoms with Gasteiger partial charge >= 0.3 is 0 Å². The Labute approximate surface area is 251 Å². The molecule has 0 aliphatic carbocycles. The average Bonchev–Trinajstić information content (AvgIpc) is 3.63. The van der Waals surface area contributed by atoms with Gasteiger partial charge in [0, 0.05) is 89.3 Å². The molecule has 4 heterocycles. The summed E-state index contributed by atoms with van der Waals surface area (Å²) in [5.41, 5.74) is 2.11. The number of para-hydroxylation sites is 2. The van der Waals surface area contributed by atoms with Gasteiger partial charge in [-0.1, -0.05) is 48.2 Å². The first-order valence-corrected chi connectivity index (χ1v) is 13.5. The predicted molar refractivity (Wildman–Crippen MR) is 145 cm³/mol. The molecule has 2 saturated heterocycles. The molecule has 2 fully saturated rings. The van der Waals surface area contributed by atoms with Crippen LogP contribution in [0.4, 0.5) is 11.9 Å². The molecule has 0 atom stereocenters. The van der Waals surface area contributed by atoms with Crippen LogP contribution in [0.3, 0.4) is 0 Å². The molecular weight excluding hydrogens is 717 g/mol. The van der Waals surface area contributed by atoms with E-state index in [4.69, 9.17) is 0 Å². The zero-order valence-corrected chi connectivity index (χ0v) is 25.7. The molecule has 0 bridgehead atoms. The fourth-order valence-corrected chi connectivity index (χ4v) is 4.59. The minimum atomic E-state index is 0. The van der Waals surface area contributed by atoms with Crippen molar-refractivity contribution >= 4 is 23.7 Å². The summed E-state index contributed by atoms with van der Waals surface area (Å²) in [5.74, 6) is 1.87. The number of nitrogens with zero attached hydrogens (tertiary/aromatic N) is 8. The SMILES string of the molecule is CSc1nc(N2CCNCC2)n(-c2ccccc2)n1.[Ni].[Re].c1ccc(-n2ncnc2N2CCNCC2)cc1. The predicted octanol–water partition coefficient (Wildman–Crippen LogP) is 2.07. The van der Waals surface area contributed by atoms with Crippen LogP contribution in [0.15, 0.2) is 72.1 Å². The number of hydrogen-bond donors (Lipinski definition) is 2. The second kappa shape index (κ2) is 15.4. The maximum absolute atomic E-state index is 4.64. The van der Waals surface area contributed by atoms with Crippen LogP contribution in [0.25, 0.3) is 11.4 Å². The van der Waals surface area contributed by atoms with Gasteiger partial charge in [0.1, 0.15) is 6.33 Å². The Morgan fingerprint density at radius 2 is 1.21 bits per heavy atom. The van der Waals surface area contributed by atoms with Gasteiger partial charge in [0.2, 0.25) is 17.1 Å². The second-order valence-electron chi connectivity index (χ2n) is 8.43. The summed E-state index contributed by atoms with van der Waals surface area (Å²) in [6, 6.07) is 20.3. The number of thioether (sulfide) groups is 1. The first kappa shape index (κ1) is 30.3. The quantitative estimate of drug-likeness (QED) is 0.235. The van der Waals surface area contributed by atoms with Gasteiger partial charge in [-0.3, -0.25) is 0 Å². The smallest absolute Gasteiger partial charge is 0.229 e. The van der Waals surface area contributed by atoms with Crippen molar-refractivity contribution < 1.29 is 36.9 Å². The molecule has 0 saturated carbocycles. The molecule has 2 aromatic heterocycles. The van der Waals surface area contributed by atoms with Crippen LogP contribution >= 0.6 is 11.8 Å². The van der Waals surface area contributed by atoms with E-state index in [1.807, 2.05) is 64.2 Å². The molecule has 0 unspecified atom stereocenters. The fourth-order valence-electron chi connectivity index (χ4n) is 4.25. The molecule has 2 N–H and O–H groups in total. The number of hydrogen-bond acceptors (Lipinski definition) is 9. The average molecular weight is 750 g/mol. The van der Waals surface area contributed by atoms with Crippen molar-refractivity contribution in [2.45, 2.75) is 5.16 Å². The Morgan fingerprint density at radius 1 is 0.711 bits per heavy atom. The summed E-state index contributed by atoms with van der Waals surface area (Å²) >= 11 is 1.58. The van der Waals surface area contributed by atoms with Gasteiger partial charge in [-0.2, -0.15) is 24.4 Å². The van der Waals surface area contributed by atoms with Crippen molar-refractivity contribution in [3.8, 4) is 11.4 Å². The Balaban J connectivity index is 0.000000201. The van der Waals surface area contributed by atoms with Gasteiger partial charge in [0.25, 0.3) is 0 Å². The van der Waals surface area contributed by atoms with Crippen molar-refractivity contribution in [3.05, 3.63) is 67.0 Å². The molecule has 2 aliphatic rings. The van der Waals surface area contributed by atoms with Crippen LogP contribution in [-0.4, -0.2) is 88.1 Å². The van der Waals surface area contributed by atoms with Crippen LogP contribution in [0, 0.1) is 0 Å². The molecule has 6 rings (SSSR count). The van der Waals surface area contributed by atoms with E-state index >= 15 is 0 Å². The summed E-state index contributed by atoms with van der Waals surface area (Å²) in [7, 11) is 0. The van der Waals surface area contributed by atoms with Gasteiger partial charge in [0.15, 0.2) is 0 Å². The van der Waals surface area contributed by atoms with E-state index in [2.05, 4.69) is 52.7 Å². The second-order valence-corrected chi connectivity index (χ2v) is 9.20. The molecule has 4 aromatic rings. The Bertz CT molecular complexity index is 1210. The summed E-state index contributed by atoms with van der Waals surface area (Å²) < 4.78 is 3.84. The molecule has 38 heavy (non-hydrogen) atoms. The van der Waals surface area contributed by atoms with E-state index in [1.165, 1.54) is 0 Å². The molecule has 1 radical (unpaired) electrons. The van der Waals surface area contributed by atoms with E-state index in [0.29, 0.717) is 0 Å². The van der Waals surface area contributed by atoms with Crippen LogP contribution in [0.2, 0.25) is 0 Å². The van der Waals surface area contributed by atoms with Crippen LogP contribution in [-0.2, 0) is 36.9 Å². The van der Waals surface area contributed by atoms with Gasteiger partial charge in [-0.15, -0.1) is 5.10 Å². The molecule has 2 aromatic carbocycles. The maximum atomic E-state index is 4.64. The summed E-state index contributed by atoms with van der Waals surface area (Å²) in [6.07, 6.45) is 3.62. The van der Waals surface area contributed by atoms with Gasteiger partial charge in [0.05, 0.1) is 11.4 Å².